The molecule has 5 rings (SSSR count). The van der Waals surface area contributed by atoms with E-state index in [9.17, 15) is 5.11 Å². The van der Waals surface area contributed by atoms with E-state index in [1.54, 1.807) is 7.11 Å². The van der Waals surface area contributed by atoms with Crippen LogP contribution in [0.15, 0.2) is 53.5 Å². The molecule has 2 N–H and O–H groups in total. The average molecular weight is 378 g/mol. The maximum absolute atomic E-state index is 9.31. The second-order valence-electron chi connectivity index (χ2n) is 6.90. The molecule has 3 aromatic rings. The number of aliphatic imine (C=N–C) groups is 1. The van der Waals surface area contributed by atoms with Crippen molar-refractivity contribution in [2.75, 3.05) is 38.5 Å². The fraction of sp³-hybridized carbons (Fsp3) is 0.300. The lowest BCUT2D eigenvalue weighted by Crippen LogP contribution is -2.57. The minimum Gasteiger partial charge on any atom is -0.497 e. The molecule has 28 heavy (non-hydrogen) atoms. The summed E-state index contributed by atoms with van der Waals surface area (Å²) in [6.45, 7) is 1.85. The van der Waals surface area contributed by atoms with Gasteiger partial charge in [0.2, 0.25) is 11.9 Å². The van der Waals surface area contributed by atoms with Gasteiger partial charge in [0, 0.05) is 6.54 Å². The standard InChI is InChI=1S/C20H22N6O2/c1-28-15-6-4-5-14(11-15)18-23-19-21-12-24(9-10-27)13-25(19)20-22-16-7-2-3-8-17(16)26(18)20/h2-8,11,18,27H,9-10,12-13H2,1H3,(H,21,23)/t18-/m0/s1. The van der Waals surface area contributed by atoms with Crippen LogP contribution in [-0.4, -0.2) is 59.1 Å². The Hall–Kier alpha value is -3.10. The molecule has 0 saturated heterocycles. The summed E-state index contributed by atoms with van der Waals surface area (Å²) in [7, 11) is 1.67. The van der Waals surface area contributed by atoms with Crippen molar-refractivity contribution in [2.24, 2.45) is 4.99 Å². The van der Waals surface area contributed by atoms with Crippen molar-refractivity contribution in [1.29, 1.82) is 0 Å². The molecule has 2 aliphatic heterocycles. The fourth-order valence-electron chi connectivity index (χ4n) is 3.84. The predicted molar refractivity (Wildman–Crippen MR) is 107 cm³/mol. The molecule has 0 saturated carbocycles. The number of hydrogen-bond donors (Lipinski definition) is 2. The Morgan fingerprint density at radius 2 is 2.11 bits per heavy atom. The van der Waals surface area contributed by atoms with Crippen LogP contribution in [0, 0.1) is 0 Å². The molecule has 2 aliphatic rings. The maximum Gasteiger partial charge on any atom is 0.216 e. The number of benzene rings is 2. The summed E-state index contributed by atoms with van der Waals surface area (Å²) < 4.78 is 7.63. The Balaban J connectivity index is 1.66. The number of para-hydroxylation sites is 2. The molecule has 1 aromatic heterocycles. The van der Waals surface area contributed by atoms with Crippen molar-refractivity contribution in [3.05, 3.63) is 54.1 Å². The normalized spacial score (nSPS) is 19.0. The van der Waals surface area contributed by atoms with Gasteiger partial charge in [-0.05, 0) is 29.8 Å². The van der Waals surface area contributed by atoms with E-state index in [1.165, 1.54) is 0 Å². The van der Waals surface area contributed by atoms with Gasteiger partial charge in [-0.25, -0.2) is 9.98 Å². The largest absolute Gasteiger partial charge is 0.497 e. The second-order valence-corrected chi connectivity index (χ2v) is 6.90. The number of hydrogen-bond acceptors (Lipinski definition) is 7. The van der Waals surface area contributed by atoms with E-state index in [-0.39, 0.29) is 12.8 Å². The van der Waals surface area contributed by atoms with Gasteiger partial charge in [-0.3, -0.25) is 14.4 Å². The van der Waals surface area contributed by atoms with E-state index >= 15 is 0 Å². The summed E-state index contributed by atoms with van der Waals surface area (Å²) in [6, 6.07) is 16.2. The number of rotatable bonds is 4. The lowest BCUT2D eigenvalue weighted by molar-refractivity contribution is 0.195. The predicted octanol–water partition coefficient (Wildman–Crippen LogP) is 1.58. The van der Waals surface area contributed by atoms with E-state index in [0.717, 1.165) is 34.3 Å². The highest BCUT2D eigenvalue weighted by Gasteiger charge is 2.35. The third-order valence-electron chi connectivity index (χ3n) is 5.19. The molecule has 2 aromatic carbocycles. The summed E-state index contributed by atoms with van der Waals surface area (Å²) in [6.07, 6.45) is -0.142. The van der Waals surface area contributed by atoms with Gasteiger partial charge in [-0.15, -0.1) is 0 Å². The summed E-state index contributed by atoms with van der Waals surface area (Å²) in [5.74, 6) is 2.45. The molecule has 3 heterocycles. The third kappa shape index (κ3) is 2.69. The SMILES string of the molecule is COc1cccc([C@H]2NC3=NCN(CCO)CN3c3nc4ccccc4n32)c1. The second kappa shape index (κ2) is 6.81. The van der Waals surface area contributed by atoms with Crippen molar-refractivity contribution in [3.63, 3.8) is 0 Å². The Bertz CT molecular complexity index is 1050. The van der Waals surface area contributed by atoms with E-state index in [2.05, 4.69) is 31.8 Å². The highest BCUT2D eigenvalue weighted by molar-refractivity contribution is 5.98. The molecule has 0 amide bonds. The molecular weight excluding hydrogens is 356 g/mol. The van der Waals surface area contributed by atoms with Crippen LogP contribution in [0.4, 0.5) is 5.95 Å². The number of imidazole rings is 1. The Morgan fingerprint density at radius 3 is 2.96 bits per heavy atom. The molecule has 0 aliphatic carbocycles. The third-order valence-corrected chi connectivity index (χ3v) is 5.19. The molecule has 8 nitrogen and oxygen atoms in total. The number of ether oxygens (including phenoxy) is 1. The average Bonchev–Trinajstić information content (AvgIpc) is 3.13. The first-order valence-electron chi connectivity index (χ1n) is 9.31. The Labute approximate surface area is 162 Å². The summed E-state index contributed by atoms with van der Waals surface area (Å²) in [5.41, 5.74) is 3.06. The fourth-order valence-corrected chi connectivity index (χ4v) is 3.84. The number of β-amino-alcohol motifs (C(OH)–C–C–N with tert-alkyl or cyclic N) is 1. The number of nitrogens with zero attached hydrogens (tertiary/aromatic N) is 5. The molecule has 0 radical (unpaired) electrons. The van der Waals surface area contributed by atoms with Gasteiger partial charge < -0.3 is 15.2 Å². The Kier molecular flexibility index (Phi) is 4.14. The molecule has 0 spiro atoms. The van der Waals surface area contributed by atoms with Crippen molar-refractivity contribution in [3.8, 4) is 5.75 Å². The van der Waals surface area contributed by atoms with Gasteiger partial charge in [0.15, 0.2) is 0 Å². The minimum absolute atomic E-state index is 0.106. The number of aliphatic hydroxyl groups is 1. The molecule has 1 atom stereocenters. The first kappa shape index (κ1) is 17.0. The smallest absolute Gasteiger partial charge is 0.216 e. The Morgan fingerprint density at radius 1 is 1.21 bits per heavy atom. The van der Waals surface area contributed by atoms with Crippen LogP contribution in [0.5, 0.6) is 5.75 Å². The van der Waals surface area contributed by atoms with E-state index in [4.69, 9.17) is 14.7 Å². The van der Waals surface area contributed by atoms with E-state index in [1.807, 2.05) is 36.4 Å². The number of aliphatic hydroxyl groups excluding tert-OH is 1. The molecule has 0 unspecified atom stereocenters. The number of methoxy groups -OCH3 is 1. The van der Waals surface area contributed by atoms with Crippen LogP contribution in [0.1, 0.15) is 11.7 Å². The van der Waals surface area contributed by atoms with Gasteiger partial charge in [0.1, 0.15) is 11.9 Å². The topological polar surface area (TPSA) is 78.2 Å². The zero-order valence-electron chi connectivity index (χ0n) is 15.6. The molecule has 0 fully saturated rings. The lowest BCUT2D eigenvalue weighted by atomic mass is 10.1. The monoisotopic (exact) mass is 378 g/mol. The molecule has 0 bridgehead atoms. The van der Waals surface area contributed by atoms with Crippen LogP contribution in [-0.2, 0) is 0 Å². The van der Waals surface area contributed by atoms with Crippen LogP contribution < -0.4 is 15.0 Å². The lowest BCUT2D eigenvalue weighted by Gasteiger charge is -2.41. The number of anilines is 1. The van der Waals surface area contributed by atoms with Crippen LogP contribution in [0.2, 0.25) is 0 Å². The molecular formula is C20H22N6O2. The first-order valence-corrected chi connectivity index (χ1v) is 9.31. The highest BCUT2D eigenvalue weighted by atomic mass is 16.5. The van der Waals surface area contributed by atoms with Crippen molar-refractivity contribution >= 4 is 22.9 Å². The summed E-state index contributed by atoms with van der Waals surface area (Å²) in [5, 5.41) is 12.9. The van der Waals surface area contributed by atoms with Crippen molar-refractivity contribution < 1.29 is 9.84 Å². The maximum atomic E-state index is 9.31. The number of guanidine groups is 1. The van der Waals surface area contributed by atoms with Crippen LogP contribution in [0.25, 0.3) is 11.0 Å². The summed E-state index contributed by atoms with van der Waals surface area (Å²) in [4.78, 5) is 13.7. The van der Waals surface area contributed by atoms with E-state index in [0.29, 0.717) is 19.9 Å². The van der Waals surface area contributed by atoms with Gasteiger partial charge in [-0.1, -0.05) is 24.3 Å². The van der Waals surface area contributed by atoms with Crippen LogP contribution >= 0.6 is 0 Å². The quantitative estimate of drug-likeness (QED) is 0.718. The molecule has 8 heteroatoms. The molecule has 144 valence electrons. The summed E-state index contributed by atoms with van der Waals surface area (Å²) >= 11 is 0. The number of fused-ring (bicyclic) bond motifs is 5. The van der Waals surface area contributed by atoms with Crippen molar-refractivity contribution in [1.82, 2.24) is 19.8 Å². The first-order chi connectivity index (χ1) is 13.8. The zero-order chi connectivity index (χ0) is 19.1. The number of aromatic nitrogens is 2. The van der Waals surface area contributed by atoms with E-state index < -0.39 is 0 Å². The van der Waals surface area contributed by atoms with Gasteiger partial charge >= 0.3 is 0 Å². The van der Waals surface area contributed by atoms with Gasteiger partial charge in [0.05, 0.1) is 38.1 Å². The van der Waals surface area contributed by atoms with Crippen LogP contribution in [0.3, 0.4) is 0 Å². The highest BCUT2D eigenvalue weighted by Crippen LogP contribution is 2.34. The minimum atomic E-state index is -0.142. The van der Waals surface area contributed by atoms with Gasteiger partial charge in [-0.2, -0.15) is 0 Å². The van der Waals surface area contributed by atoms with Gasteiger partial charge in [0.25, 0.3) is 0 Å². The van der Waals surface area contributed by atoms with Crippen molar-refractivity contribution in [2.45, 2.75) is 6.17 Å². The number of nitrogens with one attached hydrogen (secondary N) is 1. The zero-order valence-corrected chi connectivity index (χ0v) is 15.6.